The van der Waals surface area contributed by atoms with E-state index in [0.29, 0.717) is 22.5 Å². The number of nitrogens with one attached hydrogen (secondary N) is 2. The van der Waals surface area contributed by atoms with Crippen molar-refractivity contribution >= 4 is 34.8 Å². The zero-order valence-corrected chi connectivity index (χ0v) is 26.8. The van der Waals surface area contributed by atoms with Gasteiger partial charge in [0.2, 0.25) is 0 Å². The van der Waals surface area contributed by atoms with E-state index in [4.69, 9.17) is 0 Å². The van der Waals surface area contributed by atoms with Crippen LogP contribution < -0.4 is 21.8 Å². The zero-order chi connectivity index (χ0) is 28.7. The second-order valence-electron chi connectivity index (χ2n) is 11.1. The average molecular weight is 583 g/mol. The van der Waals surface area contributed by atoms with Gasteiger partial charge in [-0.15, -0.1) is 22.7 Å². The monoisotopic (exact) mass is 582 g/mol. The third kappa shape index (κ3) is 10.0. The minimum atomic E-state index is -0.265. The van der Waals surface area contributed by atoms with Gasteiger partial charge in [0, 0.05) is 19.5 Å². The molecule has 2 atom stereocenters. The molecule has 3 aromatic heterocycles. The Hall–Kier alpha value is -2.18. The number of hydrogen-bond donors (Lipinski definition) is 2. The van der Waals surface area contributed by atoms with Crippen molar-refractivity contribution in [2.75, 3.05) is 0 Å². The molecule has 0 aliphatic rings. The summed E-state index contributed by atoms with van der Waals surface area (Å²) in [6.45, 7) is 9.01. The molecule has 4 nitrogen and oxygen atoms in total. The number of aromatic nitrogens is 2. The number of rotatable bonds is 18. The van der Waals surface area contributed by atoms with Crippen molar-refractivity contribution in [3.63, 3.8) is 0 Å². The molecule has 0 radical (unpaired) electrons. The molecule has 0 bridgehead atoms. The van der Waals surface area contributed by atoms with Crippen LogP contribution in [-0.4, -0.2) is 9.97 Å². The number of H-pyrrole nitrogens is 2. The highest BCUT2D eigenvalue weighted by Crippen LogP contribution is 2.33. The van der Waals surface area contributed by atoms with E-state index in [1.165, 1.54) is 86.8 Å². The summed E-state index contributed by atoms with van der Waals surface area (Å²) >= 11 is 3.46. The Bertz CT molecular complexity index is 1270. The normalized spacial score (nSPS) is 14.2. The van der Waals surface area contributed by atoms with Crippen molar-refractivity contribution in [3.8, 4) is 0 Å². The van der Waals surface area contributed by atoms with E-state index in [1.807, 2.05) is 12.2 Å². The van der Waals surface area contributed by atoms with Gasteiger partial charge >= 0.3 is 0 Å². The van der Waals surface area contributed by atoms with Crippen molar-refractivity contribution < 1.29 is 0 Å². The van der Waals surface area contributed by atoms with Crippen molar-refractivity contribution in [2.24, 2.45) is 0 Å². The lowest BCUT2D eigenvalue weighted by atomic mass is 9.96. The Morgan fingerprint density at radius 3 is 1.38 bits per heavy atom. The van der Waals surface area contributed by atoms with Gasteiger partial charge in [0.25, 0.3) is 11.1 Å². The molecule has 2 unspecified atom stereocenters. The Morgan fingerprint density at radius 1 is 0.600 bits per heavy atom. The SMILES string of the molecule is CCCCCCCC(CC)c1ccc(C=c2[nH]c(=O)c(=Cc3ccc(C(CC)CCCCCCC)s3)[nH]c2=O)s1. The van der Waals surface area contributed by atoms with Gasteiger partial charge < -0.3 is 9.97 Å². The number of aromatic amines is 2. The summed E-state index contributed by atoms with van der Waals surface area (Å²) in [6, 6.07) is 8.51. The number of hydrogen-bond acceptors (Lipinski definition) is 4. The molecular weight excluding hydrogens is 533 g/mol. The first-order chi connectivity index (χ1) is 19.5. The first-order valence-electron chi connectivity index (χ1n) is 15.7. The molecule has 3 rings (SSSR count). The van der Waals surface area contributed by atoms with Gasteiger partial charge in [-0.25, -0.2) is 0 Å². The van der Waals surface area contributed by atoms with E-state index < -0.39 is 0 Å². The van der Waals surface area contributed by atoms with Crippen LogP contribution in [0.3, 0.4) is 0 Å². The molecule has 0 fully saturated rings. The quantitative estimate of drug-likeness (QED) is 0.148. The highest BCUT2D eigenvalue weighted by atomic mass is 32.1. The maximum absolute atomic E-state index is 12.9. The minimum absolute atomic E-state index is 0.265. The Balaban J connectivity index is 1.71. The van der Waals surface area contributed by atoms with E-state index in [9.17, 15) is 9.59 Å². The first kappa shape index (κ1) is 32.3. The summed E-state index contributed by atoms with van der Waals surface area (Å²) in [5.74, 6) is 1.12. The average Bonchev–Trinajstić information content (AvgIpc) is 3.61. The highest BCUT2D eigenvalue weighted by Gasteiger charge is 2.13. The van der Waals surface area contributed by atoms with Gasteiger partial charge in [-0.05, 0) is 73.9 Å². The molecule has 40 heavy (non-hydrogen) atoms. The predicted molar refractivity (Wildman–Crippen MR) is 176 cm³/mol. The van der Waals surface area contributed by atoms with Gasteiger partial charge in [0.15, 0.2) is 0 Å². The van der Waals surface area contributed by atoms with Gasteiger partial charge in [-0.2, -0.15) is 0 Å². The maximum Gasteiger partial charge on any atom is 0.272 e. The number of thiophene rings is 2. The van der Waals surface area contributed by atoms with Gasteiger partial charge in [-0.1, -0.05) is 91.9 Å². The summed E-state index contributed by atoms with van der Waals surface area (Å²) in [4.78, 5) is 36.2. The van der Waals surface area contributed by atoms with E-state index >= 15 is 0 Å². The third-order valence-corrected chi connectivity index (χ3v) is 10.3. The Labute approximate surface area is 248 Å². The standard InChI is InChI=1S/C34H50N2O2S2/c1-5-9-11-13-15-17-25(7-3)31-21-19-27(39-31)23-29-33(37)36-30(34(38)35-29)24-28-20-22-32(40-28)26(8-4)18-16-14-12-10-6-2/h19-26H,5-18H2,1-4H3,(H,35,38)(H,36,37). The van der Waals surface area contributed by atoms with E-state index in [0.717, 1.165) is 22.6 Å². The lowest BCUT2D eigenvalue weighted by Gasteiger charge is -2.12. The fourth-order valence-corrected chi connectivity index (χ4v) is 7.74. The molecule has 0 aliphatic heterocycles. The Morgan fingerprint density at radius 2 is 1.00 bits per heavy atom. The fourth-order valence-electron chi connectivity index (χ4n) is 5.40. The van der Waals surface area contributed by atoms with Gasteiger partial charge in [0.05, 0.1) is 0 Å². The summed E-state index contributed by atoms with van der Waals surface area (Å²) in [7, 11) is 0. The number of unbranched alkanes of at least 4 members (excludes halogenated alkanes) is 8. The van der Waals surface area contributed by atoms with Crippen LogP contribution in [-0.2, 0) is 0 Å². The van der Waals surface area contributed by atoms with Crippen LogP contribution in [0.1, 0.15) is 149 Å². The zero-order valence-electron chi connectivity index (χ0n) is 25.2. The van der Waals surface area contributed by atoms with Crippen LogP contribution in [0.5, 0.6) is 0 Å². The predicted octanol–water partition coefficient (Wildman–Crippen LogP) is 8.55. The first-order valence-corrected chi connectivity index (χ1v) is 17.4. The molecule has 3 heterocycles. The topological polar surface area (TPSA) is 65.7 Å². The Kier molecular flexibility index (Phi) is 14.2. The van der Waals surface area contributed by atoms with Crippen molar-refractivity contribution in [1.29, 1.82) is 0 Å². The van der Waals surface area contributed by atoms with Gasteiger partial charge in [-0.3, -0.25) is 9.59 Å². The molecule has 0 spiro atoms. The van der Waals surface area contributed by atoms with Crippen LogP contribution >= 0.6 is 22.7 Å². The molecule has 0 saturated carbocycles. The molecular formula is C34H50N2O2S2. The molecule has 2 N–H and O–H groups in total. The second-order valence-corrected chi connectivity index (χ2v) is 13.4. The lowest BCUT2D eigenvalue weighted by molar-refractivity contribution is 0.540. The summed E-state index contributed by atoms with van der Waals surface area (Å²) in [5.41, 5.74) is -0.530. The molecule has 0 aromatic carbocycles. The van der Waals surface area contributed by atoms with Crippen LogP contribution in [0.25, 0.3) is 12.2 Å². The molecule has 220 valence electrons. The lowest BCUT2D eigenvalue weighted by Crippen LogP contribution is -2.46. The molecule has 0 aliphatic carbocycles. The highest BCUT2D eigenvalue weighted by molar-refractivity contribution is 7.13. The van der Waals surface area contributed by atoms with E-state index in [1.54, 1.807) is 22.7 Å². The summed E-state index contributed by atoms with van der Waals surface area (Å²) in [5, 5.41) is 0.619. The van der Waals surface area contributed by atoms with Crippen molar-refractivity contribution in [3.05, 3.63) is 75.2 Å². The smallest absolute Gasteiger partial charge is 0.272 e. The summed E-state index contributed by atoms with van der Waals surface area (Å²) in [6.07, 6.45) is 21.3. The van der Waals surface area contributed by atoms with Crippen molar-refractivity contribution in [2.45, 2.75) is 129 Å². The molecule has 0 amide bonds. The largest absolute Gasteiger partial charge is 0.316 e. The van der Waals surface area contributed by atoms with E-state index in [-0.39, 0.29) is 11.1 Å². The van der Waals surface area contributed by atoms with Gasteiger partial charge in [0.1, 0.15) is 10.7 Å². The molecule has 6 heteroatoms. The minimum Gasteiger partial charge on any atom is -0.316 e. The van der Waals surface area contributed by atoms with Crippen LogP contribution in [0.2, 0.25) is 0 Å². The molecule has 3 aromatic rings. The molecule has 0 saturated heterocycles. The van der Waals surface area contributed by atoms with Crippen LogP contribution in [0, 0.1) is 0 Å². The fraction of sp³-hybridized carbons (Fsp3) is 0.588. The summed E-state index contributed by atoms with van der Waals surface area (Å²) < 4.78 is 0. The van der Waals surface area contributed by atoms with E-state index in [2.05, 4.69) is 61.9 Å². The van der Waals surface area contributed by atoms with Crippen LogP contribution in [0.15, 0.2) is 33.9 Å². The maximum atomic E-state index is 12.9. The second kappa shape index (κ2) is 17.6. The van der Waals surface area contributed by atoms with Crippen LogP contribution in [0.4, 0.5) is 0 Å². The third-order valence-electron chi connectivity index (χ3n) is 7.96. The van der Waals surface area contributed by atoms with Crippen molar-refractivity contribution in [1.82, 2.24) is 9.97 Å².